The standard InChI is InChI=1S/C11H13ClO2/c1-2-5-11(13)14-8-9-6-3-4-7-10(9)12/h3-4,6-7H,2,5,8H2,1H3. The van der Waals surface area contributed by atoms with Gasteiger partial charge < -0.3 is 4.74 Å². The minimum Gasteiger partial charge on any atom is -0.461 e. The normalized spacial score (nSPS) is 9.86. The summed E-state index contributed by atoms with van der Waals surface area (Å²) < 4.78 is 5.03. The second-order valence-corrected chi connectivity index (χ2v) is 3.41. The molecule has 0 unspecified atom stereocenters. The van der Waals surface area contributed by atoms with E-state index in [1.807, 2.05) is 25.1 Å². The summed E-state index contributed by atoms with van der Waals surface area (Å²) in [6.07, 6.45) is 1.27. The quantitative estimate of drug-likeness (QED) is 0.717. The fraction of sp³-hybridized carbons (Fsp3) is 0.364. The highest BCUT2D eigenvalue weighted by atomic mass is 35.5. The molecule has 0 bridgehead atoms. The summed E-state index contributed by atoms with van der Waals surface area (Å²) in [6, 6.07) is 7.35. The van der Waals surface area contributed by atoms with Crippen LogP contribution in [0.4, 0.5) is 0 Å². The summed E-state index contributed by atoms with van der Waals surface area (Å²) in [6.45, 7) is 2.20. The van der Waals surface area contributed by atoms with E-state index in [0.717, 1.165) is 12.0 Å². The lowest BCUT2D eigenvalue weighted by Gasteiger charge is -2.05. The van der Waals surface area contributed by atoms with Gasteiger partial charge >= 0.3 is 5.97 Å². The molecule has 0 aliphatic carbocycles. The lowest BCUT2D eigenvalue weighted by molar-refractivity contribution is -0.144. The molecule has 0 amide bonds. The molecule has 3 heteroatoms. The number of carbonyl (C=O) groups is 1. The molecule has 2 nitrogen and oxygen atoms in total. The third-order valence-electron chi connectivity index (χ3n) is 1.80. The third-order valence-corrected chi connectivity index (χ3v) is 2.17. The summed E-state index contributed by atoms with van der Waals surface area (Å²) >= 11 is 5.89. The number of halogens is 1. The van der Waals surface area contributed by atoms with Crippen LogP contribution in [-0.2, 0) is 16.1 Å². The largest absolute Gasteiger partial charge is 0.461 e. The maximum atomic E-state index is 11.1. The molecule has 0 heterocycles. The van der Waals surface area contributed by atoms with Crippen LogP contribution in [0.1, 0.15) is 25.3 Å². The molecule has 0 aliphatic rings. The molecular weight excluding hydrogens is 200 g/mol. The Morgan fingerprint density at radius 1 is 1.43 bits per heavy atom. The Bertz CT molecular complexity index is 310. The fourth-order valence-corrected chi connectivity index (χ4v) is 1.24. The number of benzene rings is 1. The van der Waals surface area contributed by atoms with E-state index in [1.165, 1.54) is 0 Å². The van der Waals surface area contributed by atoms with Gasteiger partial charge in [-0.05, 0) is 12.5 Å². The van der Waals surface area contributed by atoms with Crippen LogP contribution in [0.2, 0.25) is 5.02 Å². The van der Waals surface area contributed by atoms with Gasteiger partial charge in [0.15, 0.2) is 0 Å². The molecule has 1 aromatic carbocycles. The van der Waals surface area contributed by atoms with Crippen LogP contribution in [0.25, 0.3) is 0 Å². The highest BCUT2D eigenvalue weighted by Crippen LogP contribution is 2.15. The van der Waals surface area contributed by atoms with E-state index in [0.29, 0.717) is 11.4 Å². The van der Waals surface area contributed by atoms with Crippen LogP contribution in [0.15, 0.2) is 24.3 Å². The molecule has 0 N–H and O–H groups in total. The molecular formula is C11H13ClO2. The number of ether oxygens (including phenoxy) is 1. The summed E-state index contributed by atoms with van der Waals surface area (Å²) in [5.41, 5.74) is 0.846. The number of esters is 1. The van der Waals surface area contributed by atoms with E-state index in [9.17, 15) is 4.79 Å². The molecule has 0 saturated heterocycles. The molecule has 0 fully saturated rings. The fourth-order valence-electron chi connectivity index (χ4n) is 1.05. The van der Waals surface area contributed by atoms with Gasteiger partial charge in [0.1, 0.15) is 6.61 Å². The Labute approximate surface area is 88.8 Å². The zero-order chi connectivity index (χ0) is 10.4. The van der Waals surface area contributed by atoms with Crippen molar-refractivity contribution in [3.8, 4) is 0 Å². The minimum absolute atomic E-state index is 0.174. The summed E-state index contributed by atoms with van der Waals surface area (Å²) in [5.74, 6) is -0.174. The van der Waals surface area contributed by atoms with Gasteiger partial charge in [-0.2, -0.15) is 0 Å². The summed E-state index contributed by atoms with van der Waals surface area (Å²) in [4.78, 5) is 11.1. The summed E-state index contributed by atoms with van der Waals surface area (Å²) in [7, 11) is 0. The predicted octanol–water partition coefficient (Wildman–Crippen LogP) is 3.18. The Morgan fingerprint density at radius 3 is 2.79 bits per heavy atom. The second-order valence-electron chi connectivity index (χ2n) is 3.00. The van der Waals surface area contributed by atoms with Gasteiger partial charge in [-0.3, -0.25) is 4.79 Å². The molecule has 1 aromatic rings. The van der Waals surface area contributed by atoms with Gasteiger partial charge in [0.2, 0.25) is 0 Å². The number of rotatable bonds is 4. The zero-order valence-electron chi connectivity index (χ0n) is 8.13. The van der Waals surface area contributed by atoms with Gasteiger partial charge in [0.05, 0.1) is 0 Å². The second kappa shape index (κ2) is 5.66. The SMILES string of the molecule is CCCC(=O)OCc1ccccc1Cl. The van der Waals surface area contributed by atoms with E-state index in [4.69, 9.17) is 16.3 Å². The van der Waals surface area contributed by atoms with Crippen molar-refractivity contribution in [3.05, 3.63) is 34.9 Å². The van der Waals surface area contributed by atoms with Crippen molar-refractivity contribution in [1.82, 2.24) is 0 Å². The van der Waals surface area contributed by atoms with E-state index >= 15 is 0 Å². The molecule has 0 aliphatic heterocycles. The van der Waals surface area contributed by atoms with Crippen molar-refractivity contribution in [2.45, 2.75) is 26.4 Å². The molecule has 0 atom stereocenters. The predicted molar refractivity (Wildman–Crippen MR) is 56.2 cm³/mol. The van der Waals surface area contributed by atoms with Crippen molar-refractivity contribution in [3.63, 3.8) is 0 Å². The van der Waals surface area contributed by atoms with Crippen molar-refractivity contribution in [2.75, 3.05) is 0 Å². The molecule has 0 saturated carbocycles. The molecule has 0 spiro atoms. The molecule has 76 valence electrons. The Hall–Kier alpha value is -1.02. The Kier molecular flexibility index (Phi) is 4.47. The van der Waals surface area contributed by atoms with Crippen LogP contribution >= 0.6 is 11.6 Å². The highest BCUT2D eigenvalue weighted by Gasteiger charge is 2.03. The van der Waals surface area contributed by atoms with Gasteiger partial charge in [-0.15, -0.1) is 0 Å². The maximum Gasteiger partial charge on any atom is 0.306 e. The van der Waals surface area contributed by atoms with Crippen molar-refractivity contribution in [2.24, 2.45) is 0 Å². The van der Waals surface area contributed by atoms with E-state index in [-0.39, 0.29) is 12.6 Å². The van der Waals surface area contributed by atoms with Gasteiger partial charge in [0.25, 0.3) is 0 Å². The van der Waals surface area contributed by atoms with Crippen LogP contribution in [0, 0.1) is 0 Å². The van der Waals surface area contributed by atoms with Gasteiger partial charge in [-0.1, -0.05) is 36.7 Å². The van der Waals surface area contributed by atoms with Crippen molar-refractivity contribution >= 4 is 17.6 Å². The molecule has 14 heavy (non-hydrogen) atoms. The zero-order valence-corrected chi connectivity index (χ0v) is 8.88. The number of carbonyl (C=O) groups excluding carboxylic acids is 1. The van der Waals surface area contributed by atoms with E-state index in [2.05, 4.69) is 0 Å². The van der Waals surface area contributed by atoms with Gasteiger partial charge in [0, 0.05) is 17.0 Å². The average Bonchev–Trinajstić information content (AvgIpc) is 2.17. The van der Waals surface area contributed by atoms with Crippen LogP contribution in [0.3, 0.4) is 0 Å². The number of hydrogen-bond donors (Lipinski definition) is 0. The van der Waals surface area contributed by atoms with E-state index < -0.39 is 0 Å². The first kappa shape index (κ1) is 11.1. The molecule has 0 aromatic heterocycles. The van der Waals surface area contributed by atoms with Crippen LogP contribution in [-0.4, -0.2) is 5.97 Å². The summed E-state index contributed by atoms with van der Waals surface area (Å²) in [5, 5.41) is 0.636. The first-order valence-electron chi connectivity index (χ1n) is 4.63. The maximum absolute atomic E-state index is 11.1. The highest BCUT2D eigenvalue weighted by molar-refractivity contribution is 6.31. The van der Waals surface area contributed by atoms with Crippen molar-refractivity contribution < 1.29 is 9.53 Å². The van der Waals surface area contributed by atoms with Crippen LogP contribution < -0.4 is 0 Å². The third kappa shape index (κ3) is 3.38. The number of hydrogen-bond acceptors (Lipinski definition) is 2. The molecule has 1 rings (SSSR count). The Balaban J connectivity index is 2.46. The first-order valence-corrected chi connectivity index (χ1v) is 5.01. The first-order chi connectivity index (χ1) is 6.74. The van der Waals surface area contributed by atoms with Crippen LogP contribution in [0.5, 0.6) is 0 Å². The average molecular weight is 213 g/mol. The smallest absolute Gasteiger partial charge is 0.306 e. The topological polar surface area (TPSA) is 26.3 Å². The lowest BCUT2D eigenvalue weighted by Crippen LogP contribution is -2.03. The van der Waals surface area contributed by atoms with Gasteiger partial charge in [-0.25, -0.2) is 0 Å². The Morgan fingerprint density at radius 2 is 2.14 bits per heavy atom. The van der Waals surface area contributed by atoms with E-state index in [1.54, 1.807) is 6.07 Å². The van der Waals surface area contributed by atoms with Crippen molar-refractivity contribution in [1.29, 1.82) is 0 Å². The minimum atomic E-state index is -0.174. The lowest BCUT2D eigenvalue weighted by atomic mass is 10.2. The molecule has 0 radical (unpaired) electrons. The monoisotopic (exact) mass is 212 g/mol.